The van der Waals surface area contributed by atoms with Crippen LogP contribution < -0.4 is 0 Å². The SMILES string of the molecule is CN1C[C@H]2CN(Cc3ccc(-c4nn[nH]n4)cc3)C[C@H]2[C@@H]1c1ccccc1.Cl. The van der Waals surface area contributed by atoms with Gasteiger partial charge in [0.1, 0.15) is 0 Å². The maximum Gasteiger partial charge on any atom is 0.204 e. The van der Waals surface area contributed by atoms with Gasteiger partial charge in [0.05, 0.1) is 0 Å². The molecule has 0 amide bonds. The number of nitrogens with one attached hydrogen (secondary N) is 1. The number of hydrogen-bond acceptors (Lipinski definition) is 5. The summed E-state index contributed by atoms with van der Waals surface area (Å²) in [4.78, 5) is 5.16. The van der Waals surface area contributed by atoms with E-state index in [1.807, 2.05) is 0 Å². The lowest BCUT2D eigenvalue weighted by atomic mass is 9.90. The minimum absolute atomic E-state index is 0. The third kappa shape index (κ3) is 3.55. The fraction of sp³-hybridized carbons (Fsp3) is 0.381. The lowest BCUT2D eigenvalue weighted by Gasteiger charge is -2.27. The van der Waals surface area contributed by atoms with Crippen molar-refractivity contribution in [3.8, 4) is 11.4 Å². The molecule has 2 aliphatic rings. The summed E-state index contributed by atoms with van der Waals surface area (Å²) in [5, 5.41) is 14.2. The second-order valence-corrected chi connectivity index (χ2v) is 7.85. The van der Waals surface area contributed by atoms with Crippen molar-refractivity contribution in [3.05, 3.63) is 65.7 Å². The number of rotatable bonds is 4. The predicted octanol–water partition coefficient (Wildman–Crippen LogP) is 3.02. The largest absolute Gasteiger partial charge is 0.299 e. The number of likely N-dealkylation sites (tertiary alicyclic amines) is 2. The van der Waals surface area contributed by atoms with Crippen LogP contribution in [0.1, 0.15) is 17.2 Å². The number of aromatic amines is 1. The molecule has 0 saturated carbocycles. The van der Waals surface area contributed by atoms with Crippen molar-refractivity contribution in [3.63, 3.8) is 0 Å². The van der Waals surface area contributed by atoms with Gasteiger partial charge >= 0.3 is 0 Å². The molecule has 0 spiro atoms. The van der Waals surface area contributed by atoms with Crippen molar-refractivity contribution in [2.45, 2.75) is 12.6 Å². The van der Waals surface area contributed by atoms with E-state index in [0.29, 0.717) is 11.9 Å². The van der Waals surface area contributed by atoms with Crippen molar-refractivity contribution in [2.24, 2.45) is 11.8 Å². The lowest BCUT2D eigenvalue weighted by Crippen LogP contribution is -2.28. The van der Waals surface area contributed by atoms with E-state index in [1.54, 1.807) is 0 Å². The number of fused-ring (bicyclic) bond motifs is 1. The molecule has 0 radical (unpaired) electrons. The Morgan fingerprint density at radius 3 is 2.50 bits per heavy atom. The summed E-state index contributed by atoms with van der Waals surface area (Å²) in [5.41, 5.74) is 3.79. The first-order valence-electron chi connectivity index (χ1n) is 9.58. The molecule has 6 nitrogen and oxygen atoms in total. The molecule has 0 aliphatic carbocycles. The summed E-state index contributed by atoms with van der Waals surface area (Å²) < 4.78 is 0. The van der Waals surface area contributed by atoms with Crippen LogP contribution in [0.5, 0.6) is 0 Å². The van der Waals surface area contributed by atoms with Crippen LogP contribution in [0.3, 0.4) is 0 Å². The van der Waals surface area contributed by atoms with Gasteiger partial charge < -0.3 is 0 Å². The van der Waals surface area contributed by atoms with E-state index in [4.69, 9.17) is 0 Å². The Kier molecular flexibility index (Phi) is 5.44. The lowest BCUT2D eigenvalue weighted by molar-refractivity contribution is 0.224. The molecular formula is C21H25ClN6. The van der Waals surface area contributed by atoms with Crippen molar-refractivity contribution in [2.75, 3.05) is 26.7 Å². The topological polar surface area (TPSA) is 60.9 Å². The molecule has 1 N–H and O–H groups in total. The smallest absolute Gasteiger partial charge is 0.204 e. The van der Waals surface area contributed by atoms with Crippen molar-refractivity contribution < 1.29 is 0 Å². The fourth-order valence-electron chi connectivity index (χ4n) is 4.93. The first-order chi connectivity index (χ1) is 13.3. The van der Waals surface area contributed by atoms with Gasteiger partial charge in [-0.1, -0.05) is 54.6 Å². The average Bonchev–Trinajstić information content (AvgIpc) is 3.40. The summed E-state index contributed by atoms with van der Waals surface area (Å²) in [6, 6.07) is 20.1. The zero-order valence-corrected chi connectivity index (χ0v) is 16.7. The van der Waals surface area contributed by atoms with Gasteiger partial charge in [0.25, 0.3) is 0 Å². The van der Waals surface area contributed by atoms with Crippen LogP contribution in [0.15, 0.2) is 54.6 Å². The standard InChI is InChI=1S/C21H24N6.ClH/c1-26-12-18-13-27(14-19(18)20(26)16-5-3-2-4-6-16)11-15-7-9-17(10-8-15)21-22-24-25-23-21;/h2-10,18-20H,11-14H2,1H3,(H,22,23,24,25);1H/t18-,19+,20-;/m0./s1. The number of H-pyrrole nitrogens is 1. The molecular weight excluding hydrogens is 372 g/mol. The third-order valence-corrected chi connectivity index (χ3v) is 6.07. The zero-order chi connectivity index (χ0) is 18.2. The summed E-state index contributed by atoms with van der Waals surface area (Å²) in [6.07, 6.45) is 0. The van der Waals surface area contributed by atoms with Crippen LogP contribution in [-0.4, -0.2) is 57.1 Å². The Hall–Kier alpha value is -2.28. The van der Waals surface area contributed by atoms with E-state index in [-0.39, 0.29) is 12.4 Å². The Bertz CT molecular complexity index is 883. The minimum atomic E-state index is 0. The highest BCUT2D eigenvalue weighted by Gasteiger charge is 2.45. The molecule has 1 aromatic heterocycles. The van der Waals surface area contributed by atoms with Crippen LogP contribution >= 0.6 is 12.4 Å². The van der Waals surface area contributed by atoms with E-state index in [1.165, 1.54) is 30.8 Å². The maximum atomic E-state index is 4.04. The molecule has 7 heteroatoms. The molecule has 5 rings (SSSR count). The first kappa shape index (κ1) is 19.1. The summed E-state index contributed by atoms with van der Waals surface area (Å²) >= 11 is 0. The van der Waals surface area contributed by atoms with E-state index in [0.717, 1.165) is 23.9 Å². The molecule has 0 unspecified atom stereocenters. The maximum absolute atomic E-state index is 4.04. The number of aromatic nitrogens is 4. The Morgan fingerprint density at radius 2 is 1.79 bits per heavy atom. The summed E-state index contributed by atoms with van der Waals surface area (Å²) in [7, 11) is 2.27. The van der Waals surface area contributed by atoms with Gasteiger partial charge in [0.2, 0.25) is 5.82 Å². The molecule has 3 atom stereocenters. The van der Waals surface area contributed by atoms with Gasteiger partial charge in [0, 0.05) is 37.8 Å². The van der Waals surface area contributed by atoms with Crippen molar-refractivity contribution in [1.29, 1.82) is 0 Å². The monoisotopic (exact) mass is 396 g/mol. The van der Waals surface area contributed by atoms with Gasteiger partial charge in [0.15, 0.2) is 0 Å². The molecule has 2 saturated heterocycles. The quantitative estimate of drug-likeness (QED) is 0.734. The third-order valence-electron chi connectivity index (χ3n) is 6.07. The molecule has 2 fully saturated rings. The summed E-state index contributed by atoms with van der Waals surface area (Å²) in [5.74, 6) is 2.13. The van der Waals surface area contributed by atoms with Crippen LogP contribution in [-0.2, 0) is 6.54 Å². The molecule has 2 aromatic carbocycles. The second kappa shape index (κ2) is 7.99. The second-order valence-electron chi connectivity index (χ2n) is 7.85. The molecule has 28 heavy (non-hydrogen) atoms. The van der Waals surface area contributed by atoms with Gasteiger partial charge in [-0.15, -0.1) is 22.6 Å². The highest BCUT2D eigenvalue weighted by Crippen LogP contribution is 2.44. The normalized spacial score (nSPS) is 24.8. The molecule has 2 aliphatic heterocycles. The highest BCUT2D eigenvalue weighted by molar-refractivity contribution is 5.85. The van der Waals surface area contributed by atoms with Crippen LogP contribution in [0.25, 0.3) is 11.4 Å². The van der Waals surface area contributed by atoms with Gasteiger partial charge in [-0.3, -0.25) is 9.80 Å². The zero-order valence-electron chi connectivity index (χ0n) is 15.9. The number of halogens is 1. The Labute approximate surface area is 171 Å². The first-order valence-corrected chi connectivity index (χ1v) is 9.58. The number of tetrazole rings is 1. The van der Waals surface area contributed by atoms with E-state index in [9.17, 15) is 0 Å². The van der Waals surface area contributed by atoms with Crippen molar-refractivity contribution >= 4 is 12.4 Å². The van der Waals surface area contributed by atoms with Gasteiger partial charge in [-0.25, -0.2) is 0 Å². The van der Waals surface area contributed by atoms with Crippen molar-refractivity contribution in [1.82, 2.24) is 30.4 Å². The van der Waals surface area contributed by atoms with Crippen LogP contribution in [0.2, 0.25) is 0 Å². The highest BCUT2D eigenvalue weighted by atomic mass is 35.5. The fourth-order valence-corrected chi connectivity index (χ4v) is 4.93. The average molecular weight is 397 g/mol. The summed E-state index contributed by atoms with van der Waals surface area (Å²) in [6.45, 7) is 4.55. The number of benzene rings is 2. The molecule has 3 aromatic rings. The number of nitrogens with zero attached hydrogens (tertiary/aromatic N) is 5. The van der Waals surface area contributed by atoms with Gasteiger partial charge in [-0.05, 0) is 35.2 Å². The van der Waals surface area contributed by atoms with Crippen LogP contribution in [0.4, 0.5) is 0 Å². The molecule has 3 heterocycles. The predicted molar refractivity (Wildman–Crippen MR) is 111 cm³/mol. The Morgan fingerprint density at radius 1 is 1.00 bits per heavy atom. The Balaban J connectivity index is 0.00000192. The van der Waals surface area contributed by atoms with E-state index >= 15 is 0 Å². The molecule has 0 bridgehead atoms. The minimum Gasteiger partial charge on any atom is -0.299 e. The van der Waals surface area contributed by atoms with Gasteiger partial charge in [-0.2, -0.15) is 5.21 Å². The molecule has 146 valence electrons. The van der Waals surface area contributed by atoms with Crippen LogP contribution in [0, 0.1) is 11.8 Å². The number of hydrogen-bond donors (Lipinski definition) is 1. The van der Waals surface area contributed by atoms with E-state index in [2.05, 4.69) is 92.1 Å². The van der Waals surface area contributed by atoms with E-state index < -0.39 is 0 Å².